The summed E-state index contributed by atoms with van der Waals surface area (Å²) in [5.74, 6) is -0.603. The lowest BCUT2D eigenvalue weighted by Crippen LogP contribution is -1.91. The van der Waals surface area contributed by atoms with Gasteiger partial charge in [-0.25, -0.2) is 4.39 Å². The molecule has 0 N–H and O–H groups in total. The maximum atomic E-state index is 13.1. The van der Waals surface area contributed by atoms with Crippen molar-refractivity contribution in [1.29, 1.82) is 0 Å². The molecule has 0 radical (unpaired) electrons. The third-order valence-corrected chi connectivity index (χ3v) is 3.62. The molecule has 1 aliphatic carbocycles. The lowest BCUT2D eigenvalue weighted by Gasteiger charge is -2.04. The van der Waals surface area contributed by atoms with Gasteiger partial charge in [-0.1, -0.05) is 23.2 Å². The fourth-order valence-electron chi connectivity index (χ4n) is 1.35. The molecule has 0 amide bonds. The molecule has 1 unspecified atom stereocenters. The highest BCUT2D eigenvalue weighted by Crippen LogP contribution is 2.60. The fourth-order valence-corrected chi connectivity index (χ4v) is 2.42. The summed E-state index contributed by atoms with van der Waals surface area (Å²) in [5.41, 5.74) is 0.784. The summed E-state index contributed by atoms with van der Waals surface area (Å²) in [6, 6.07) is 3.03. The Balaban J connectivity index is 2.38. The van der Waals surface area contributed by atoms with Gasteiger partial charge < -0.3 is 0 Å². The van der Waals surface area contributed by atoms with Crippen molar-refractivity contribution in [2.75, 3.05) is 0 Å². The lowest BCUT2D eigenvalue weighted by atomic mass is 10.1. The van der Waals surface area contributed by atoms with E-state index in [9.17, 15) is 4.39 Å². The van der Waals surface area contributed by atoms with Gasteiger partial charge in [-0.15, -0.1) is 23.2 Å². The summed E-state index contributed by atoms with van der Waals surface area (Å²) in [6.07, 6.45) is 0.647. The summed E-state index contributed by atoms with van der Waals surface area (Å²) in [7, 11) is 0. The highest BCUT2D eigenvalue weighted by atomic mass is 35.5. The van der Waals surface area contributed by atoms with E-state index in [1.807, 2.05) is 0 Å². The molecule has 0 saturated heterocycles. The predicted octanol–water partition coefficient (Wildman–Crippen LogP) is 4.79. The topological polar surface area (TPSA) is 0 Å². The smallest absolute Gasteiger partial charge is 0.160 e. The van der Waals surface area contributed by atoms with Crippen LogP contribution in [0.1, 0.15) is 17.9 Å². The monoisotopic (exact) mass is 272 g/mol. The van der Waals surface area contributed by atoms with Crippen LogP contribution < -0.4 is 0 Å². The molecule has 2 rings (SSSR count). The summed E-state index contributed by atoms with van der Waals surface area (Å²) < 4.78 is 12.3. The van der Waals surface area contributed by atoms with Gasteiger partial charge in [0.15, 0.2) is 5.82 Å². The molecule has 0 bridgehead atoms. The Hall–Kier alpha value is 0.310. The van der Waals surface area contributed by atoms with E-state index < -0.39 is 10.2 Å². The molecule has 0 aromatic heterocycles. The van der Waals surface area contributed by atoms with Crippen molar-refractivity contribution in [3.63, 3.8) is 0 Å². The van der Waals surface area contributed by atoms with Crippen LogP contribution in [0.5, 0.6) is 0 Å². The standard InChI is InChI=1S/C9H5Cl4F/c10-6-1-4(2-7(11)8(6)14)5-3-9(5,12)13/h1-2,5H,3H2. The Labute approximate surface area is 101 Å². The Kier molecular flexibility index (Phi) is 2.64. The molecule has 0 aliphatic heterocycles. The van der Waals surface area contributed by atoms with Crippen molar-refractivity contribution < 1.29 is 4.39 Å². The van der Waals surface area contributed by atoms with Crippen molar-refractivity contribution in [3.8, 4) is 0 Å². The van der Waals surface area contributed by atoms with Crippen LogP contribution >= 0.6 is 46.4 Å². The van der Waals surface area contributed by atoms with Gasteiger partial charge in [0.1, 0.15) is 4.33 Å². The number of halogens is 5. The Morgan fingerprint density at radius 1 is 1.21 bits per heavy atom. The minimum Gasteiger partial charge on any atom is -0.204 e. The first-order valence-corrected chi connectivity index (χ1v) is 5.45. The number of benzene rings is 1. The van der Waals surface area contributed by atoms with Gasteiger partial charge in [-0.2, -0.15) is 0 Å². The van der Waals surface area contributed by atoms with Gasteiger partial charge >= 0.3 is 0 Å². The number of alkyl halides is 2. The van der Waals surface area contributed by atoms with Crippen LogP contribution in [0.2, 0.25) is 10.0 Å². The quantitative estimate of drug-likeness (QED) is 0.510. The summed E-state index contributed by atoms with van der Waals surface area (Å²) in [5, 5.41) is 0.00654. The van der Waals surface area contributed by atoms with Crippen LogP contribution in [0.3, 0.4) is 0 Å². The van der Waals surface area contributed by atoms with Crippen molar-refractivity contribution in [3.05, 3.63) is 33.6 Å². The largest absolute Gasteiger partial charge is 0.204 e. The van der Waals surface area contributed by atoms with Crippen LogP contribution in [-0.2, 0) is 0 Å². The van der Waals surface area contributed by atoms with E-state index in [-0.39, 0.29) is 16.0 Å². The molecular weight excluding hydrogens is 269 g/mol. The Morgan fingerprint density at radius 3 is 2.00 bits per heavy atom. The zero-order chi connectivity index (χ0) is 10.5. The second-order valence-electron chi connectivity index (χ2n) is 3.32. The Morgan fingerprint density at radius 2 is 1.64 bits per heavy atom. The van der Waals surface area contributed by atoms with Gasteiger partial charge in [0.25, 0.3) is 0 Å². The fraction of sp³-hybridized carbons (Fsp3) is 0.333. The normalized spacial score (nSPS) is 23.6. The molecule has 0 spiro atoms. The van der Waals surface area contributed by atoms with Gasteiger partial charge in [-0.05, 0) is 24.1 Å². The van der Waals surface area contributed by atoms with Crippen LogP contribution in [0, 0.1) is 5.82 Å². The number of hydrogen-bond donors (Lipinski definition) is 0. The molecule has 1 atom stereocenters. The minimum atomic E-state index is -0.746. The summed E-state index contributed by atoms with van der Waals surface area (Å²) in [4.78, 5) is 0. The molecule has 5 heteroatoms. The van der Waals surface area contributed by atoms with E-state index in [0.29, 0.717) is 6.42 Å². The zero-order valence-corrected chi connectivity index (χ0v) is 9.85. The van der Waals surface area contributed by atoms with Crippen molar-refractivity contribution in [2.24, 2.45) is 0 Å². The summed E-state index contributed by atoms with van der Waals surface area (Å²) in [6.45, 7) is 0. The van der Waals surface area contributed by atoms with Gasteiger partial charge in [0, 0.05) is 5.92 Å². The summed E-state index contributed by atoms with van der Waals surface area (Å²) >= 11 is 23.0. The van der Waals surface area contributed by atoms with Crippen LogP contribution in [0.4, 0.5) is 4.39 Å². The maximum Gasteiger partial charge on any atom is 0.160 e. The van der Waals surface area contributed by atoms with Gasteiger partial charge in [0.05, 0.1) is 10.0 Å². The van der Waals surface area contributed by atoms with E-state index in [1.54, 1.807) is 0 Å². The van der Waals surface area contributed by atoms with Crippen molar-refractivity contribution in [1.82, 2.24) is 0 Å². The molecule has 1 saturated carbocycles. The number of rotatable bonds is 1. The molecule has 1 aromatic rings. The molecule has 1 fully saturated rings. The van der Waals surface area contributed by atoms with E-state index in [4.69, 9.17) is 46.4 Å². The first-order chi connectivity index (χ1) is 6.42. The molecule has 1 aliphatic rings. The zero-order valence-electron chi connectivity index (χ0n) is 6.83. The van der Waals surface area contributed by atoms with Crippen LogP contribution in [-0.4, -0.2) is 4.33 Å². The second-order valence-corrected chi connectivity index (χ2v) is 5.67. The minimum absolute atomic E-state index is 0.00133. The molecule has 76 valence electrons. The van der Waals surface area contributed by atoms with Gasteiger partial charge in [-0.3, -0.25) is 0 Å². The highest BCUT2D eigenvalue weighted by molar-refractivity contribution is 6.51. The van der Waals surface area contributed by atoms with Crippen molar-refractivity contribution in [2.45, 2.75) is 16.7 Å². The van der Waals surface area contributed by atoms with E-state index in [2.05, 4.69) is 0 Å². The maximum absolute atomic E-state index is 13.1. The SMILES string of the molecule is Fc1c(Cl)cc(C2CC2(Cl)Cl)cc1Cl. The molecular formula is C9H5Cl4F. The first kappa shape index (κ1) is 10.8. The average Bonchev–Trinajstić information content (AvgIpc) is 2.70. The lowest BCUT2D eigenvalue weighted by molar-refractivity contribution is 0.628. The van der Waals surface area contributed by atoms with Gasteiger partial charge in [0.2, 0.25) is 0 Å². The van der Waals surface area contributed by atoms with E-state index >= 15 is 0 Å². The van der Waals surface area contributed by atoms with Crippen molar-refractivity contribution >= 4 is 46.4 Å². The third-order valence-electron chi connectivity index (χ3n) is 2.23. The van der Waals surface area contributed by atoms with E-state index in [0.717, 1.165) is 5.56 Å². The first-order valence-electron chi connectivity index (χ1n) is 3.94. The molecule has 0 nitrogen and oxygen atoms in total. The average molecular weight is 274 g/mol. The van der Waals surface area contributed by atoms with E-state index in [1.165, 1.54) is 12.1 Å². The highest BCUT2D eigenvalue weighted by Gasteiger charge is 2.52. The molecule has 1 aromatic carbocycles. The third kappa shape index (κ3) is 1.83. The number of hydrogen-bond acceptors (Lipinski definition) is 0. The Bertz CT molecular complexity index is 365. The predicted molar refractivity (Wildman–Crippen MR) is 58.2 cm³/mol. The van der Waals surface area contributed by atoms with Crippen LogP contribution in [0.15, 0.2) is 12.1 Å². The molecule has 14 heavy (non-hydrogen) atoms. The second kappa shape index (κ2) is 3.41. The van der Waals surface area contributed by atoms with Crippen LogP contribution in [0.25, 0.3) is 0 Å². The molecule has 0 heterocycles.